The van der Waals surface area contributed by atoms with E-state index in [0.717, 1.165) is 22.1 Å². The molecular formula is C16H19BClNO2. The molecule has 0 bridgehead atoms. The zero-order chi connectivity index (χ0) is 15.4. The zero-order valence-electron chi connectivity index (χ0n) is 13.0. The van der Waals surface area contributed by atoms with Gasteiger partial charge in [-0.3, -0.25) is 4.98 Å². The molecule has 1 fully saturated rings. The molecule has 3 nitrogen and oxygen atoms in total. The summed E-state index contributed by atoms with van der Waals surface area (Å²) in [5, 5.41) is 1.66. The molecule has 2 heterocycles. The molecule has 110 valence electrons. The standard InChI is InChI=1S/C16H19BClNO2/c1-10-6-7-11-8-12(18)9-13(14(11)19-10)17-20-15(2,3)16(4,5)21-17/h6-9H,1-5H3. The lowest BCUT2D eigenvalue weighted by molar-refractivity contribution is 0.00578. The van der Waals surface area contributed by atoms with E-state index < -0.39 is 7.12 Å². The molecular weight excluding hydrogens is 284 g/mol. The van der Waals surface area contributed by atoms with Crippen LogP contribution in [0.4, 0.5) is 0 Å². The Morgan fingerprint density at radius 2 is 1.67 bits per heavy atom. The van der Waals surface area contributed by atoms with E-state index in [1.54, 1.807) is 0 Å². The Kier molecular flexibility index (Phi) is 3.32. The van der Waals surface area contributed by atoms with Crippen molar-refractivity contribution in [1.29, 1.82) is 0 Å². The Bertz CT molecular complexity index is 699. The lowest BCUT2D eigenvalue weighted by Crippen LogP contribution is -2.41. The summed E-state index contributed by atoms with van der Waals surface area (Å²) in [5.41, 5.74) is 1.98. The van der Waals surface area contributed by atoms with E-state index in [4.69, 9.17) is 20.9 Å². The van der Waals surface area contributed by atoms with E-state index in [0.29, 0.717) is 5.02 Å². The molecule has 21 heavy (non-hydrogen) atoms. The van der Waals surface area contributed by atoms with Crippen LogP contribution in [0, 0.1) is 6.92 Å². The molecule has 0 atom stereocenters. The first kappa shape index (κ1) is 14.8. The van der Waals surface area contributed by atoms with Crippen LogP contribution in [0.25, 0.3) is 10.9 Å². The van der Waals surface area contributed by atoms with E-state index in [9.17, 15) is 0 Å². The minimum absolute atomic E-state index is 0.379. The van der Waals surface area contributed by atoms with Crippen LogP contribution in [-0.2, 0) is 9.31 Å². The van der Waals surface area contributed by atoms with Crippen LogP contribution in [0.1, 0.15) is 33.4 Å². The maximum atomic E-state index is 6.25. The minimum Gasteiger partial charge on any atom is -0.399 e. The summed E-state index contributed by atoms with van der Waals surface area (Å²) in [6.45, 7) is 10.1. The molecule has 0 radical (unpaired) electrons. The van der Waals surface area contributed by atoms with Gasteiger partial charge in [0.25, 0.3) is 0 Å². The first-order valence-electron chi connectivity index (χ1n) is 7.12. The lowest BCUT2D eigenvalue weighted by Gasteiger charge is -2.32. The minimum atomic E-state index is -0.453. The molecule has 0 spiro atoms. The predicted molar refractivity (Wildman–Crippen MR) is 87.2 cm³/mol. The summed E-state index contributed by atoms with van der Waals surface area (Å²) in [6.07, 6.45) is 0. The van der Waals surface area contributed by atoms with Crippen molar-refractivity contribution in [2.45, 2.75) is 45.8 Å². The summed E-state index contributed by atoms with van der Waals surface area (Å²) in [7, 11) is -0.453. The summed E-state index contributed by atoms with van der Waals surface area (Å²) < 4.78 is 12.3. The Hall–Kier alpha value is -1.10. The lowest BCUT2D eigenvalue weighted by atomic mass is 9.77. The van der Waals surface area contributed by atoms with Crippen LogP contribution >= 0.6 is 11.6 Å². The van der Waals surface area contributed by atoms with Crippen molar-refractivity contribution < 1.29 is 9.31 Å². The number of benzene rings is 1. The van der Waals surface area contributed by atoms with Crippen molar-refractivity contribution in [2.75, 3.05) is 0 Å². The Balaban J connectivity index is 2.15. The third-order valence-corrected chi connectivity index (χ3v) is 4.65. The van der Waals surface area contributed by atoms with Gasteiger partial charge >= 0.3 is 7.12 Å². The highest BCUT2D eigenvalue weighted by Gasteiger charge is 2.52. The second-order valence-electron chi connectivity index (χ2n) is 6.61. The number of hydrogen-bond donors (Lipinski definition) is 0. The summed E-state index contributed by atoms with van der Waals surface area (Å²) >= 11 is 6.25. The van der Waals surface area contributed by atoms with Gasteiger partial charge in [0.2, 0.25) is 0 Å². The molecule has 1 aliphatic rings. The van der Waals surface area contributed by atoms with Crippen LogP contribution in [0.15, 0.2) is 24.3 Å². The van der Waals surface area contributed by atoms with E-state index in [2.05, 4.69) is 4.98 Å². The third kappa shape index (κ3) is 2.46. The number of nitrogens with zero attached hydrogens (tertiary/aromatic N) is 1. The van der Waals surface area contributed by atoms with Crippen molar-refractivity contribution in [3.8, 4) is 0 Å². The Morgan fingerprint density at radius 3 is 2.29 bits per heavy atom. The molecule has 2 aromatic rings. The average molecular weight is 304 g/mol. The van der Waals surface area contributed by atoms with Crippen LogP contribution in [0.2, 0.25) is 5.02 Å². The first-order valence-corrected chi connectivity index (χ1v) is 7.50. The quantitative estimate of drug-likeness (QED) is 0.756. The molecule has 0 unspecified atom stereocenters. The van der Waals surface area contributed by atoms with Gasteiger partial charge in [0.05, 0.1) is 16.7 Å². The fourth-order valence-corrected chi connectivity index (χ4v) is 2.71. The number of pyridine rings is 1. The van der Waals surface area contributed by atoms with Crippen LogP contribution in [0.5, 0.6) is 0 Å². The zero-order valence-corrected chi connectivity index (χ0v) is 13.8. The number of fused-ring (bicyclic) bond motifs is 1. The maximum Gasteiger partial charge on any atom is 0.497 e. The summed E-state index contributed by atoms with van der Waals surface area (Å²) in [4.78, 5) is 4.64. The van der Waals surface area contributed by atoms with Gasteiger partial charge in [0.15, 0.2) is 0 Å². The summed E-state index contributed by atoms with van der Waals surface area (Å²) in [6, 6.07) is 7.81. The first-order chi connectivity index (χ1) is 9.69. The highest BCUT2D eigenvalue weighted by Crippen LogP contribution is 2.37. The van der Waals surface area contributed by atoms with Crippen LogP contribution in [0.3, 0.4) is 0 Å². The molecule has 0 amide bonds. The van der Waals surface area contributed by atoms with Crippen molar-refractivity contribution in [3.05, 3.63) is 35.0 Å². The van der Waals surface area contributed by atoms with Gasteiger partial charge in [-0.2, -0.15) is 0 Å². The van der Waals surface area contributed by atoms with Gasteiger partial charge in [-0.05, 0) is 52.8 Å². The number of aryl methyl sites for hydroxylation is 1. The summed E-state index contributed by atoms with van der Waals surface area (Å²) in [5.74, 6) is 0. The van der Waals surface area contributed by atoms with Gasteiger partial charge in [0.1, 0.15) is 0 Å². The topological polar surface area (TPSA) is 31.4 Å². The fourth-order valence-electron chi connectivity index (χ4n) is 2.47. The van der Waals surface area contributed by atoms with E-state index in [1.165, 1.54) is 0 Å². The smallest absolute Gasteiger partial charge is 0.399 e. The van der Waals surface area contributed by atoms with Gasteiger partial charge < -0.3 is 9.31 Å². The highest BCUT2D eigenvalue weighted by molar-refractivity contribution is 6.65. The fraction of sp³-hybridized carbons (Fsp3) is 0.438. The largest absolute Gasteiger partial charge is 0.497 e. The molecule has 0 aliphatic carbocycles. The molecule has 0 saturated carbocycles. The van der Waals surface area contributed by atoms with Gasteiger partial charge in [-0.1, -0.05) is 17.7 Å². The number of hydrogen-bond acceptors (Lipinski definition) is 3. The molecule has 1 aliphatic heterocycles. The van der Waals surface area contributed by atoms with Crippen molar-refractivity contribution in [1.82, 2.24) is 4.98 Å². The van der Waals surface area contributed by atoms with Gasteiger partial charge in [-0.15, -0.1) is 0 Å². The molecule has 3 rings (SSSR count). The molecule has 1 aromatic carbocycles. The number of halogens is 1. The Morgan fingerprint density at radius 1 is 1.05 bits per heavy atom. The van der Waals surface area contributed by atoms with E-state index >= 15 is 0 Å². The third-order valence-electron chi connectivity index (χ3n) is 4.43. The molecule has 1 aromatic heterocycles. The second kappa shape index (κ2) is 4.70. The van der Waals surface area contributed by atoms with Gasteiger partial charge in [-0.25, -0.2) is 0 Å². The molecule has 0 N–H and O–H groups in total. The Labute approximate surface area is 130 Å². The number of rotatable bonds is 1. The maximum absolute atomic E-state index is 6.25. The van der Waals surface area contributed by atoms with E-state index in [1.807, 2.05) is 58.9 Å². The second-order valence-corrected chi connectivity index (χ2v) is 7.04. The van der Waals surface area contributed by atoms with Crippen LogP contribution in [-0.4, -0.2) is 23.3 Å². The normalized spacial score (nSPS) is 20.2. The van der Waals surface area contributed by atoms with Crippen molar-refractivity contribution in [2.24, 2.45) is 0 Å². The van der Waals surface area contributed by atoms with Crippen LogP contribution < -0.4 is 5.46 Å². The highest BCUT2D eigenvalue weighted by atomic mass is 35.5. The molecule has 1 saturated heterocycles. The predicted octanol–water partition coefficient (Wildman–Crippen LogP) is 3.50. The SMILES string of the molecule is Cc1ccc2cc(Cl)cc(B3OC(C)(C)C(C)(C)O3)c2n1. The molecule has 5 heteroatoms. The number of aromatic nitrogens is 1. The van der Waals surface area contributed by atoms with Crippen molar-refractivity contribution in [3.63, 3.8) is 0 Å². The van der Waals surface area contributed by atoms with Crippen molar-refractivity contribution >= 4 is 35.1 Å². The van der Waals surface area contributed by atoms with Gasteiger partial charge in [0, 0.05) is 21.6 Å². The van der Waals surface area contributed by atoms with E-state index in [-0.39, 0.29) is 11.2 Å². The average Bonchev–Trinajstić information content (AvgIpc) is 2.58. The monoisotopic (exact) mass is 303 g/mol.